The average Bonchev–Trinajstić information content (AvgIpc) is 2.53. The molecular formula is C18H16N2O5. The number of fused-ring (bicyclic) bond motifs is 1. The van der Waals surface area contributed by atoms with Crippen LogP contribution in [0.25, 0.3) is 10.8 Å². The van der Waals surface area contributed by atoms with Gasteiger partial charge in [-0.1, -0.05) is 12.1 Å². The second-order valence-electron chi connectivity index (χ2n) is 5.21. The molecule has 0 saturated heterocycles. The molecule has 7 N–H and O–H groups in total. The van der Waals surface area contributed by atoms with Gasteiger partial charge in [-0.2, -0.15) is 0 Å². The van der Waals surface area contributed by atoms with Crippen molar-refractivity contribution in [2.45, 2.75) is 0 Å². The van der Waals surface area contributed by atoms with Crippen molar-refractivity contribution < 1.29 is 24.9 Å². The van der Waals surface area contributed by atoms with Gasteiger partial charge < -0.3 is 26.8 Å². The van der Waals surface area contributed by atoms with Crippen LogP contribution in [0.15, 0.2) is 54.6 Å². The van der Waals surface area contributed by atoms with Crippen LogP contribution in [0.4, 0.5) is 11.4 Å². The summed E-state index contributed by atoms with van der Waals surface area (Å²) in [5.41, 5.74) is 12.0. The Balaban J connectivity index is 0.000000236. The molecule has 7 nitrogen and oxygen atoms in total. The van der Waals surface area contributed by atoms with E-state index in [0.717, 1.165) is 0 Å². The summed E-state index contributed by atoms with van der Waals surface area (Å²) in [6.45, 7) is 0. The quantitative estimate of drug-likeness (QED) is 0.451. The molecule has 0 bridgehead atoms. The van der Waals surface area contributed by atoms with Crippen molar-refractivity contribution in [1.82, 2.24) is 0 Å². The Morgan fingerprint density at radius 2 is 1.40 bits per heavy atom. The van der Waals surface area contributed by atoms with Gasteiger partial charge in [0.2, 0.25) is 0 Å². The number of aromatic carboxylic acids is 2. The number of nitrogens with two attached hydrogens (primary N) is 2. The third-order valence-electron chi connectivity index (χ3n) is 3.34. The number of phenols is 1. The third kappa shape index (κ3) is 4.38. The van der Waals surface area contributed by atoms with E-state index in [1.54, 1.807) is 18.2 Å². The molecule has 3 aromatic rings. The minimum absolute atomic E-state index is 0.0690. The van der Waals surface area contributed by atoms with Crippen LogP contribution in [0.2, 0.25) is 0 Å². The number of hydrogen-bond donors (Lipinski definition) is 5. The summed E-state index contributed by atoms with van der Waals surface area (Å²) in [5, 5.41) is 28.1. The summed E-state index contributed by atoms with van der Waals surface area (Å²) in [5.74, 6) is -2.69. The minimum atomic E-state index is -1.26. The van der Waals surface area contributed by atoms with Crippen LogP contribution in [0, 0.1) is 0 Å². The van der Waals surface area contributed by atoms with Crippen molar-refractivity contribution in [3.8, 4) is 5.75 Å². The zero-order valence-electron chi connectivity index (χ0n) is 13.0. The lowest BCUT2D eigenvalue weighted by Gasteiger charge is -2.04. The molecule has 0 saturated carbocycles. The maximum absolute atomic E-state index is 10.8. The van der Waals surface area contributed by atoms with Gasteiger partial charge in [-0.25, -0.2) is 9.59 Å². The fourth-order valence-corrected chi connectivity index (χ4v) is 2.15. The molecular weight excluding hydrogens is 324 g/mol. The van der Waals surface area contributed by atoms with E-state index in [1.165, 1.54) is 30.3 Å². The lowest BCUT2D eigenvalue weighted by molar-refractivity contribution is 0.0685. The van der Waals surface area contributed by atoms with Crippen LogP contribution in [0.1, 0.15) is 20.7 Å². The summed E-state index contributed by atoms with van der Waals surface area (Å²) in [6, 6.07) is 14.0. The molecule has 7 heteroatoms. The van der Waals surface area contributed by atoms with Gasteiger partial charge in [0, 0.05) is 11.4 Å². The molecule has 0 aliphatic heterocycles. The number of hydrogen-bond acceptors (Lipinski definition) is 5. The van der Waals surface area contributed by atoms with Gasteiger partial charge in [0.25, 0.3) is 0 Å². The molecule has 3 aromatic carbocycles. The summed E-state index contributed by atoms with van der Waals surface area (Å²) in [4.78, 5) is 21.6. The molecule has 0 heterocycles. The van der Waals surface area contributed by atoms with E-state index in [-0.39, 0.29) is 16.9 Å². The van der Waals surface area contributed by atoms with Crippen molar-refractivity contribution in [3.05, 3.63) is 65.7 Å². The molecule has 128 valence electrons. The maximum atomic E-state index is 10.8. The molecule has 0 spiro atoms. The molecule has 0 fully saturated rings. The molecule has 0 unspecified atom stereocenters. The Labute approximate surface area is 142 Å². The van der Waals surface area contributed by atoms with Gasteiger partial charge in [0.05, 0.1) is 5.56 Å². The van der Waals surface area contributed by atoms with Crippen molar-refractivity contribution in [3.63, 3.8) is 0 Å². The zero-order valence-corrected chi connectivity index (χ0v) is 13.0. The van der Waals surface area contributed by atoms with Crippen LogP contribution >= 0.6 is 0 Å². The first kappa shape index (κ1) is 17.6. The SMILES string of the molecule is Nc1cccc(N)c1.O=C(O)c1ccc2cc(O)c(C(=O)O)cc2c1. The first-order valence-electron chi connectivity index (χ1n) is 7.12. The average molecular weight is 340 g/mol. The van der Waals surface area contributed by atoms with E-state index < -0.39 is 11.9 Å². The number of nitrogen functional groups attached to an aromatic ring is 2. The van der Waals surface area contributed by atoms with E-state index in [4.69, 9.17) is 21.7 Å². The smallest absolute Gasteiger partial charge is 0.339 e. The van der Waals surface area contributed by atoms with Crippen LogP contribution in [-0.4, -0.2) is 27.3 Å². The lowest BCUT2D eigenvalue weighted by Crippen LogP contribution is -1.98. The summed E-state index contributed by atoms with van der Waals surface area (Å²) in [7, 11) is 0. The number of anilines is 2. The summed E-state index contributed by atoms with van der Waals surface area (Å²) < 4.78 is 0. The molecule has 3 rings (SSSR count). The third-order valence-corrected chi connectivity index (χ3v) is 3.34. The van der Waals surface area contributed by atoms with Crippen molar-refractivity contribution in [1.29, 1.82) is 0 Å². The number of carboxylic acids is 2. The largest absolute Gasteiger partial charge is 0.507 e. The van der Waals surface area contributed by atoms with Gasteiger partial charge in [0.15, 0.2) is 0 Å². The normalized spacial score (nSPS) is 9.92. The zero-order chi connectivity index (χ0) is 18.6. The van der Waals surface area contributed by atoms with Crippen molar-refractivity contribution in [2.75, 3.05) is 11.5 Å². The Kier molecular flexibility index (Phi) is 5.09. The van der Waals surface area contributed by atoms with Crippen LogP contribution < -0.4 is 11.5 Å². The molecule has 0 radical (unpaired) electrons. The number of carbonyl (C=O) groups is 2. The van der Waals surface area contributed by atoms with Gasteiger partial charge in [-0.05, 0) is 53.2 Å². The predicted octanol–water partition coefficient (Wildman–Crippen LogP) is 2.79. The highest BCUT2D eigenvalue weighted by molar-refractivity contribution is 6.00. The molecule has 0 aliphatic rings. The second-order valence-corrected chi connectivity index (χ2v) is 5.21. The highest BCUT2D eigenvalue weighted by atomic mass is 16.4. The summed E-state index contributed by atoms with van der Waals surface area (Å²) in [6.07, 6.45) is 0. The first-order chi connectivity index (χ1) is 11.8. The van der Waals surface area contributed by atoms with Gasteiger partial charge in [0.1, 0.15) is 11.3 Å². The minimum Gasteiger partial charge on any atom is -0.507 e. The predicted molar refractivity (Wildman–Crippen MR) is 94.8 cm³/mol. The molecule has 0 atom stereocenters. The molecule has 25 heavy (non-hydrogen) atoms. The van der Waals surface area contributed by atoms with E-state index in [0.29, 0.717) is 22.1 Å². The molecule has 0 aromatic heterocycles. The first-order valence-corrected chi connectivity index (χ1v) is 7.12. The van der Waals surface area contributed by atoms with E-state index >= 15 is 0 Å². The fourth-order valence-electron chi connectivity index (χ4n) is 2.15. The second kappa shape index (κ2) is 7.22. The molecule has 0 aliphatic carbocycles. The Bertz CT molecular complexity index is 936. The van der Waals surface area contributed by atoms with E-state index in [1.807, 2.05) is 6.07 Å². The topological polar surface area (TPSA) is 147 Å². The van der Waals surface area contributed by atoms with E-state index in [9.17, 15) is 14.7 Å². The fraction of sp³-hybridized carbons (Fsp3) is 0. The molecule has 0 amide bonds. The number of rotatable bonds is 2. The van der Waals surface area contributed by atoms with Crippen LogP contribution in [0.3, 0.4) is 0 Å². The van der Waals surface area contributed by atoms with Gasteiger partial charge in [-0.3, -0.25) is 0 Å². The summed E-state index contributed by atoms with van der Waals surface area (Å²) >= 11 is 0. The lowest BCUT2D eigenvalue weighted by atomic mass is 10.0. The Morgan fingerprint density at radius 1 is 0.760 bits per heavy atom. The van der Waals surface area contributed by atoms with Crippen LogP contribution in [-0.2, 0) is 0 Å². The van der Waals surface area contributed by atoms with Crippen LogP contribution in [0.5, 0.6) is 5.75 Å². The standard InChI is InChI=1S/C12H8O5.C6H8N2/c13-10-5-6-1-2-7(11(14)15)3-8(6)4-9(10)12(16)17;7-5-2-1-3-6(8)4-5/h1-5,13H,(H,14,15)(H,16,17);1-4H,7-8H2. The monoisotopic (exact) mass is 340 g/mol. The van der Waals surface area contributed by atoms with E-state index in [2.05, 4.69) is 0 Å². The highest BCUT2D eigenvalue weighted by Gasteiger charge is 2.12. The number of benzene rings is 3. The van der Waals surface area contributed by atoms with Gasteiger partial charge >= 0.3 is 11.9 Å². The van der Waals surface area contributed by atoms with Gasteiger partial charge in [-0.15, -0.1) is 0 Å². The van der Waals surface area contributed by atoms with Crippen molar-refractivity contribution >= 4 is 34.1 Å². The maximum Gasteiger partial charge on any atom is 0.339 e. The Morgan fingerprint density at radius 3 is 1.88 bits per heavy atom. The van der Waals surface area contributed by atoms with Crippen molar-refractivity contribution in [2.24, 2.45) is 0 Å². The number of carboxylic acid groups (broad SMARTS) is 2. The highest BCUT2D eigenvalue weighted by Crippen LogP contribution is 2.25. The Hall–Kier alpha value is -3.74. The number of aromatic hydroxyl groups is 1.